The summed E-state index contributed by atoms with van der Waals surface area (Å²) in [5.74, 6) is -1.29. The number of ether oxygens (including phenoxy) is 1. The van der Waals surface area contributed by atoms with E-state index in [9.17, 15) is 9.59 Å². The molecule has 0 atom stereocenters. The Balaban J connectivity index is 3.28. The topological polar surface area (TPSA) is 79.2 Å². The number of alkyl halides is 1. The van der Waals surface area contributed by atoms with Gasteiger partial charge < -0.3 is 10.1 Å². The van der Waals surface area contributed by atoms with Crippen LogP contribution in [0.4, 0.5) is 5.69 Å². The Labute approximate surface area is 123 Å². The molecule has 0 spiro atoms. The number of carbonyl (C=O) groups excluding carboxylic acids is 2. The van der Waals surface area contributed by atoms with Gasteiger partial charge in [0.05, 0.1) is 16.5 Å². The largest absolute Gasteiger partial charge is 0.462 e. The molecule has 0 fully saturated rings. The summed E-state index contributed by atoms with van der Waals surface area (Å²) in [6.45, 7) is 1.90. The van der Waals surface area contributed by atoms with Gasteiger partial charge in [0.2, 0.25) is 5.91 Å². The molecule has 1 aromatic heterocycles. The minimum Gasteiger partial charge on any atom is -0.462 e. The van der Waals surface area contributed by atoms with Crippen LogP contribution in [0.25, 0.3) is 0 Å². The van der Waals surface area contributed by atoms with Gasteiger partial charge in [-0.2, -0.15) is 5.26 Å². The summed E-state index contributed by atoms with van der Waals surface area (Å²) < 4.78 is 5.56. The Bertz CT molecular complexity index is 537. The van der Waals surface area contributed by atoms with E-state index in [1.165, 1.54) is 11.8 Å². The van der Waals surface area contributed by atoms with Gasteiger partial charge in [-0.15, -0.1) is 34.7 Å². The summed E-state index contributed by atoms with van der Waals surface area (Å²) >= 11 is 7.87. The standard InChI is InChI=1S/C11H11ClN2O3S2/c1-3-17-10(16)9-8(14-7(15)4-12)6(5-13)11(18-2)19-9/h3-4H2,1-2H3,(H,14,15). The third-order valence-electron chi connectivity index (χ3n) is 2.02. The molecule has 0 aliphatic rings. The zero-order valence-electron chi connectivity index (χ0n) is 10.3. The van der Waals surface area contributed by atoms with Crippen molar-refractivity contribution in [3.05, 3.63) is 10.4 Å². The number of anilines is 1. The lowest BCUT2D eigenvalue weighted by atomic mass is 10.2. The van der Waals surface area contributed by atoms with Crippen LogP contribution in [0.15, 0.2) is 4.21 Å². The number of amides is 1. The molecular weight excluding hydrogens is 308 g/mol. The van der Waals surface area contributed by atoms with Gasteiger partial charge in [-0.05, 0) is 13.2 Å². The molecule has 0 aliphatic heterocycles. The highest BCUT2D eigenvalue weighted by atomic mass is 35.5. The number of hydrogen-bond acceptors (Lipinski definition) is 6. The van der Waals surface area contributed by atoms with Gasteiger partial charge in [0.1, 0.15) is 22.4 Å². The number of thioether (sulfide) groups is 1. The molecule has 5 nitrogen and oxygen atoms in total. The third-order valence-corrected chi connectivity index (χ3v) is 4.55. The van der Waals surface area contributed by atoms with Gasteiger partial charge in [0.15, 0.2) is 0 Å². The van der Waals surface area contributed by atoms with Gasteiger partial charge in [-0.25, -0.2) is 4.79 Å². The number of halogens is 1. The van der Waals surface area contributed by atoms with Crippen LogP contribution in [0.1, 0.15) is 22.2 Å². The van der Waals surface area contributed by atoms with Crippen LogP contribution in [0, 0.1) is 11.3 Å². The Morgan fingerprint density at radius 3 is 2.74 bits per heavy atom. The van der Waals surface area contributed by atoms with Crippen LogP contribution in [0.2, 0.25) is 0 Å². The molecule has 8 heteroatoms. The average molecular weight is 319 g/mol. The first-order chi connectivity index (χ1) is 9.08. The van der Waals surface area contributed by atoms with Crippen LogP contribution in [0.5, 0.6) is 0 Å². The Morgan fingerprint density at radius 1 is 1.58 bits per heavy atom. The van der Waals surface area contributed by atoms with Crippen molar-refractivity contribution in [2.75, 3.05) is 24.1 Å². The zero-order chi connectivity index (χ0) is 14.4. The van der Waals surface area contributed by atoms with E-state index in [1.807, 2.05) is 6.07 Å². The van der Waals surface area contributed by atoms with Crippen molar-refractivity contribution in [3.8, 4) is 6.07 Å². The molecule has 0 radical (unpaired) electrons. The van der Waals surface area contributed by atoms with Crippen LogP contribution in [0.3, 0.4) is 0 Å². The normalized spacial score (nSPS) is 9.79. The molecule has 1 N–H and O–H groups in total. The summed E-state index contributed by atoms with van der Waals surface area (Å²) in [5.41, 5.74) is 0.444. The molecule has 1 amide bonds. The lowest BCUT2D eigenvalue weighted by molar-refractivity contribution is -0.113. The second-order valence-electron chi connectivity index (χ2n) is 3.19. The van der Waals surface area contributed by atoms with Crippen molar-refractivity contribution in [1.82, 2.24) is 0 Å². The number of nitrogens with zero attached hydrogens (tertiary/aromatic N) is 1. The highest BCUT2D eigenvalue weighted by Crippen LogP contribution is 2.38. The fraction of sp³-hybridized carbons (Fsp3) is 0.364. The SMILES string of the molecule is CCOC(=O)c1sc(SC)c(C#N)c1NC(=O)CCl. The number of esters is 1. The van der Waals surface area contributed by atoms with Crippen molar-refractivity contribution in [3.63, 3.8) is 0 Å². The smallest absolute Gasteiger partial charge is 0.350 e. The monoisotopic (exact) mass is 318 g/mol. The molecule has 1 aromatic rings. The first-order valence-electron chi connectivity index (χ1n) is 5.22. The van der Waals surface area contributed by atoms with E-state index >= 15 is 0 Å². The van der Waals surface area contributed by atoms with Gasteiger partial charge in [-0.1, -0.05) is 0 Å². The molecule has 0 bridgehead atoms. The average Bonchev–Trinajstić information content (AvgIpc) is 2.76. The van der Waals surface area contributed by atoms with Crippen molar-refractivity contribution in [2.45, 2.75) is 11.1 Å². The van der Waals surface area contributed by atoms with Crippen LogP contribution in [-0.2, 0) is 9.53 Å². The lowest BCUT2D eigenvalue weighted by Crippen LogP contribution is -2.16. The van der Waals surface area contributed by atoms with Crippen molar-refractivity contribution in [2.24, 2.45) is 0 Å². The summed E-state index contributed by atoms with van der Waals surface area (Å²) in [5, 5.41) is 11.6. The maximum Gasteiger partial charge on any atom is 0.350 e. The number of carbonyl (C=O) groups is 2. The first-order valence-corrected chi connectivity index (χ1v) is 7.80. The molecule has 0 aromatic carbocycles. The van der Waals surface area contributed by atoms with Gasteiger partial charge in [-0.3, -0.25) is 4.79 Å². The van der Waals surface area contributed by atoms with Crippen molar-refractivity contribution >= 4 is 52.3 Å². The highest BCUT2D eigenvalue weighted by molar-refractivity contribution is 8.00. The first kappa shape index (κ1) is 15.8. The molecule has 0 saturated carbocycles. The molecule has 1 heterocycles. The summed E-state index contributed by atoms with van der Waals surface area (Å²) in [6.07, 6.45) is 1.79. The minimum atomic E-state index is -0.561. The maximum absolute atomic E-state index is 11.8. The summed E-state index contributed by atoms with van der Waals surface area (Å²) in [6, 6.07) is 1.99. The second-order valence-corrected chi connectivity index (χ2v) is 5.55. The molecule has 0 saturated heterocycles. The molecule has 0 aliphatic carbocycles. The van der Waals surface area contributed by atoms with Crippen molar-refractivity contribution < 1.29 is 14.3 Å². The fourth-order valence-corrected chi connectivity index (χ4v) is 3.12. The van der Waals surface area contributed by atoms with Gasteiger partial charge >= 0.3 is 5.97 Å². The molecular formula is C11H11ClN2O3S2. The lowest BCUT2D eigenvalue weighted by Gasteiger charge is -2.05. The Kier molecular flexibility index (Phi) is 6.15. The summed E-state index contributed by atoms with van der Waals surface area (Å²) in [4.78, 5) is 23.4. The second kappa shape index (κ2) is 7.38. The van der Waals surface area contributed by atoms with E-state index in [0.717, 1.165) is 11.3 Å². The number of nitriles is 1. The predicted octanol–water partition coefficient (Wildman–Crippen LogP) is 2.70. The van der Waals surface area contributed by atoms with Gasteiger partial charge in [0, 0.05) is 0 Å². The van der Waals surface area contributed by atoms with Gasteiger partial charge in [0.25, 0.3) is 0 Å². The van der Waals surface area contributed by atoms with E-state index in [2.05, 4.69) is 5.32 Å². The number of nitrogens with one attached hydrogen (secondary N) is 1. The van der Waals surface area contributed by atoms with Crippen LogP contribution >= 0.6 is 34.7 Å². The number of rotatable bonds is 5. The summed E-state index contributed by atoms with van der Waals surface area (Å²) in [7, 11) is 0. The van der Waals surface area contributed by atoms with E-state index in [0.29, 0.717) is 4.21 Å². The van der Waals surface area contributed by atoms with E-state index in [-0.39, 0.29) is 28.6 Å². The van der Waals surface area contributed by atoms with Crippen molar-refractivity contribution in [1.29, 1.82) is 5.26 Å². The highest BCUT2D eigenvalue weighted by Gasteiger charge is 2.24. The molecule has 19 heavy (non-hydrogen) atoms. The van der Waals surface area contributed by atoms with Crippen LogP contribution < -0.4 is 5.32 Å². The third kappa shape index (κ3) is 3.62. The van der Waals surface area contributed by atoms with Crippen LogP contribution in [-0.4, -0.2) is 30.6 Å². The molecule has 102 valence electrons. The predicted molar refractivity (Wildman–Crippen MR) is 76.1 cm³/mol. The van der Waals surface area contributed by atoms with E-state index in [4.69, 9.17) is 21.6 Å². The number of hydrogen-bond donors (Lipinski definition) is 1. The molecule has 1 rings (SSSR count). The number of thiophene rings is 1. The fourth-order valence-electron chi connectivity index (χ4n) is 1.29. The minimum absolute atomic E-state index is 0.181. The zero-order valence-corrected chi connectivity index (χ0v) is 12.7. The van der Waals surface area contributed by atoms with E-state index < -0.39 is 11.9 Å². The molecule has 0 unspecified atom stereocenters. The quantitative estimate of drug-likeness (QED) is 0.513. The van der Waals surface area contributed by atoms with E-state index in [1.54, 1.807) is 13.2 Å². The Hall–Kier alpha value is -1.23. The Morgan fingerprint density at radius 2 is 2.26 bits per heavy atom. The maximum atomic E-state index is 11.8.